The molecular weight excluding hydrogens is 226 g/mol. The van der Waals surface area contributed by atoms with E-state index in [0.29, 0.717) is 12.5 Å². The van der Waals surface area contributed by atoms with Gasteiger partial charge in [-0.3, -0.25) is 4.79 Å². The Bertz CT molecular complexity index is 284. The summed E-state index contributed by atoms with van der Waals surface area (Å²) >= 11 is 0. The van der Waals surface area contributed by atoms with Crippen LogP contribution in [0.1, 0.15) is 71.1 Å². The number of carbonyl (C=O) groups is 1. The van der Waals surface area contributed by atoms with Gasteiger partial charge in [0.15, 0.2) is 0 Å². The van der Waals surface area contributed by atoms with Crippen molar-refractivity contribution in [1.29, 1.82) is 0 Å². The molecule has 18 heavy (non-hydrogen) atoms. The van der Waals surface area contributed by atoms with Crippen molar-refractivity contribution in [3.8, 4) is 0 Å². The lowest BCUT2D eigenvalue weighted by atomic mass is 9.84. The molecule has 2 unspecified atom stereocenters. The molecule has 0 aromatic heterocycles. The predicted octanol–water partition coefficient (Wildman–Crippen LogP) is 2.77. The number of carbonyl (C=O) groups excluding carboxylic acids is 1. The summed E-state index contributed by atoms with van der Waals surface area (Å²) in [5, 5.41) is 13.4. The van der Waals surface area contributed by atoms with Crippen molar-refractivity contribution in [1.82, 2.24) is 5.32 Å². The van der Waals surface area contributed by atoms with Crippen LogP contribution in [-0.4, -0.2) is 22.7 Å². The molecule has 0 aromatic carbocycles. The Hall–Kier alpha value is -0.570. The monoisotopic (exact) mass is 253 g/mol. The van der Waals surface area contributed by atoms with Gasteiger partial charge in [-0.1, -0.05) is 39.0 Å². The normalized spacial score (nSPS) is 31.2. The van der Waals surface area contributed by atoms with E-state index in [1.807, 2.05) is 0 Å². The zero-order valence-corrected chi connectivity index (χ0v) is 11.6. The average Bonchev–Trinajstić information content (AvgIpc) is 2.75. The molecular formula is C15H27NO2. The lowest BCUT2D eigenvalue weighted by Gasteiger charge is -2.30. The van der Waals surface area contributed by atoms with Crippen LogP contribution in [0.3, 0.4) is 0 Å². The van der Waals surface area contributed by atoms with Crippen LogP contribution in [0.4, 0.5) is 0 Å². The molecule has 0 radical (unpaired) electrons. The van der Waals surface area contributed by atoms with Gasteiger partial charge in [0.2, 0.25) is 5.91 Å². The SMILES string of the molecule is CCC1CCCC(NC(=O)CC2(O)CCCC2)C1. The smallest absolute Gasteiger partial charge is 0.223 e. The van der Waals surface area contributed by atoms with E-state index in [0.717, 1.165) is 44.4 Å². The Kier molecular flexibility index (Phi) is 4.66. The highest BCUT2D eigenvalue weighted by Crippen LogP contribution is 2.32. The minimum atomic E-state index is -0.705. The molecule has 2 aliphatic carbocycles. The molecule has 2 N–H and O–H groups in total. The molecule has 2 aliphatic rings. The van der Waals surface area contributed by atoms with E-state index >= 15 is 0 Å². The van der Waals surface area contributed by atoms with Crippen LogP contribution in [0.2, 0.25) is 0 Å². The molecule has 0 saturated heterocycles. The van der Waals surface area contributed by atoms with Crippen molar-refractivity contribution < 1.29 is 9.90 Å². The molecule has 0 aromatic rings. The molecule has 2 fully saturated rings. The lowest BCUT2D eigenvalue weighted by molar-refractivity contribution is -0.126. The van der Waals surface area contributed by atoms with Gasteiger partial charge in [0.1, 0.15) is 0 Å². The van der Waals surface area contributed by atoms with Gasteiger partial charge < -0.3 is 10.4 Å². The zero-order chi connectivity index (χ0) is 13.0. The Balaban J connectivity index is 1.76. The number of hydrogen-bond donors (Lipinski definition) is 2. The molecule has 3 heteroatoms. The van der Waals surface area contributed by atoms with Crippen molar-refractivity contribution in [2.24, 2.45) is 5.92 Å². The van der Waals surface area contributed by atoms with Crippen LogP contribution < -0.4 is 5.32 Å². The van der Waals surface area contributed by atoms with E-state index in [1.165, 1.54) is 19.3 Å². The second-order valence-corrected chi connectivity index (χ2v) is 6.31. The average molecular weight is 253 g/mol. The molecule has 104 valence electrons. The van der Waals surface area contributed by atoms with Crippen LogP contribution in [0.15, 0.2) is 0 Å². The highest BCUT2D eigenvalue weighted by Gasteiger charge is 2.34. The van der Waals surface area contributed by atoms with Gasteiger partial charge in [-0.25, -0.2) is 0 Å². The second-order valence-electron chi connectivity index (χ2n) is 6.31. The van der Waals surface area contributed by atoms with E-state index in [9.17, 15) is 9.90 Å². The summed E-state index contributed by atoms with van der Waals surface area (Å²) in [7, 11) is 0. The number of hydrogen-bond acceptors (Lipinski definition) is 2. The van der Waals surface area contributed by atoms with Crippen LogP contribution in [0.5, 0.6) is 0 Å². The molecule has 2 atom stereocenters. The van der Waals surface area contributed by atoms with Crippen LogP contribution >= 0.6 is 0 Å². The fourth-order valence-corrected chi connectivity index (χ4v) is 3.58. The van der Waals surface area contributed by atoms with Gasteiger partial charge in [0, 0.05) is 6.04 Å². The first kappa shape index (κ1) is 13.9. The minimum absolute atomic E-state index is 0.0566. The first-order chi connectivity index (χ1) is 8.61. The summed E-state index contributed by atoms with van der Waals surface area (Å²) in [6.07, 6.45) is 10.0. The molecule has 0 bridgehead atoms. The van der Waals surface area contributed by atoms with E-state index < -0.39 is 5.60 Å². The van der Waals surface area contributed by atoms with E-state index in [4.69, 9.17) is 0 Å². The molecule has 0 aliphatic heterocycles. The van der Waals surface area contributed by atoms with Crippen LogP contribution in [0, 0.1) is 5.92 Å². The summed E-state index contributed by atoms with van der Waals surface area (Å²) in [6.45, 7) is 2.23. The van der Waals surface area contributed by atoms with Crippen LogP contribution in [0.25, 0.3) is 0 Å². The Labute approximate surface area is 110 Å². The maximum atomic E-state index is 12.0. The number of amides is 1. The van der Waals surface area contributed by atoms with E-state index in [1.54, 1.807) is 0 Å². The van der Waals surface area contributed by atoms with Crippen molar-refractivity contribution in [2.75, 3.05) is 0 Å². The van der Waals surface area contributed by atoms with E-state index in [2.05, 4.69) is 12.2 Å². The third-order valence-corrected chi connectivity index (χ3v) is 4.75. The number of aliphatic hydroxyl groups is 1. The quantitative estimate of drug-likeness (QED) is 0.809. The van der Waals surface area contributed by atoms with Gasteiger partial charge in [-0.2, -0.15) is 0 Å². The first-order valence-electron chi connectivity index (χ1n) is 7.63. The van der Waals surface area contributed by atoms with E-state index in [-0.39, 0.29) is 5.91 Å². The molecule has 0 spiro atoms. The minimum Gasteiger partial charge on any atom is -0.389 e. The van der Waals surface area contributed by atoms with Crippen molar-refractivity contribution in [3.63, 3.8) is 0 Å². The Morgan fingerprint density at radius 2 is 2.00 bits per heavy atom. The third-order valence-electron chi connectivity index (χ3n) is 4.75. The van der Waals surface area contributed by atoms with Gasteiger partial charge in [-0.15, -0.1) is 0 Å². The van der Waals surface area contributed by atoms with Crippen molar-refractivity contribution in [3.05, 3.63) is 0 Å². The first-order valence-corrected chi connectivity index (χ1v) is 7.63. The molecule has 0 heterocycles. The Morgan fingerprint density at radius 1 is 1.28 bits per heavy atom. The Morgan fingerprint density at radius 3 is 2.67 bits per heavy atom. The standard InChI is InChI=1S/C15H27NO2/c1-2-12-6-5-7-13(10-12)16-14(17)11-15(18)8-3-4-9-15/h12-13,18H,2-11H2,1H3,(H,16,17). The highest BCUT2D eigenvalue weighted by atomic mass is 16.3. The van der Waals surface area contributed by atoms with Crippen molar-refractivity contribution >= 4 is 5.91 Å². The lowest BCUT2D eigenvalue weighted by Crippen LogP contribution is -2.42. The highest BCUT2D eigenvalue weighted by molar-refractivity contribution is 5.77. The van der Waals surface area contributed by atoms with Gasteiger partial charge in [0.05, 0.1) is 12.0 Å². The number of nitrogens with one attached hydrogen (secondary N) is 1. The fraction of sp³-hybridized carbons (Fsp3) is 0.933. The second kappa shape index (κ2) is 6.05. The molecule has 3 nitrogen and oxygen atoms in total. The maximum Gasteiger partial charge on any atom is 0.223 e. The molecule has 2 saturated carbocycles. The summed E-state index contributed by atoms with van der Waals surface area (Å²) < 4.78 is 0. The maximum absolute atomic E-state index is 12.0. The summed E-state index contributed by atoms with van der Waals surface area (Å²) in [6, 6.07) is 0.348. The summed E-state index contributed by atoms with van der Waals surface area (Å²) in [4.78, 5) is 12.0. The summed E-state index contributed by atoms with van der Waals surface area (Å²) in [5.41, 5.74) is -0.705. The largest absolute Gasteiger partial charge is 0.389 e. The van der Waals surface area contributed by atoms with Gasteiger partial charge in [0.25, 0.3) is 0 Å². The fourth-order valence-electron chi connectivity index (χ4n) is 3.58. The molecule has 1 amide bonds. The zero-order valence-electron chi connectivity index (χ0n) is 11.6. The number of rotatable bonds is 4. The third kappa shape index (κ3) is 3.71. The molecule has 2 rings (SSSR count). The topological polar surface area (TPSA) is 49.3 Å². The van der Waals surface area contributed by atoms with Gasteiger partial charge >= 0.3 is 0 Å². The predicted molar refractivity (Wildman–Crippen MR) is 72.2 cm³/mol. The van der Waals surface area contributed by atoms with Gasteiger partial charge in [-0.05, 0) is 31.6 Å². The summed E-state index contributed by atoms with van der Waals surface area (Å²) in [5.74, 6) is 0.833. The van der Waals surface area contributed by atoms with Crippen LogP contribution in [-0.2, 0) is 4.79 Å². The van der Waals surface area contributed by atoms with Crippen molar-refractivity contribution in [2.45, 2.75) is 82.8 Å².